The quantitative estimate of drug-likeness (QED) is 0.846. The highest BCUT2D eigenvalue weighted by Gasteiger charge is 2.18. The van der Waals surface area contributed by atoms with Crippen molar-refractivity contribution in [1.29, 1.82) is 0 Å². The Morgan fingerprint density at radius 1 is 1.37 bits per heavy atom. The Labute approximate surface area is 114 Å². The topological polar surface area (TPSA) is 45.2 Å². The van der Waals surface area contributed by atoms with Crippen LogP contribution in [0.4, 0.5) is 5.69 Å². The van der Waals surface area contributed by atoms with Gasteiger partial charge in [-0.05, 0) is 25.0 Å². The van der Waals surface area contributed by atoms with Crippen LogP contribution in [0, 0.1) is 0 Å². The lowest BCUT2D eigenvalue weighted by atomic mass is 10.2. The van der Waals surface area contributed by atoms with Gasteiger partial charge in [0.25, 0.3) is 5.91 Å². The van der Waals surface area contributed by atoms with Crippen LogP contribution in [0.5, 0.6) is 0 Å². The molecule has 4 nitrogen and oxygen atoms in total. The number of hydrogen-bond donors (Lipinski definition) is 1. The maximum Gasteiger partial charge on any atom is 0.272 e. The van der Waals surface area contributed by atoms with Gasteiger partial charge in [-0.25, -0.2) is 0 Å². The van der Waals surface area contributed by atoms with Crippen LogP contribution in [0.2, 0.25) is 0 Å². The molecule has 0 aromatic carbocycles. The van der Waals surface area contributed by atoms with Crippen molar-refractivity contribution in [3.63, 3.8) is 0 Å². The Hall–Kier alpha value is -1.84. The molecule has 102 valence electrons. The molecule has 1 amide bonds. The Kier molecular flexibility index (Phi) is 4.95. The smallest absolute Gasteiger partial charge is 0.272 e. The molecular formula is C15H21N3O. The van der Waals surface area contributed by atoms with Gasteiger partial charge in [0.1, 0.15) is 5.69 Å². The average molecular weight is 259 g/mol. The van der Waals surface area contributed by atoms with Crippen molar-refractivity contribution < 1.29 is 4.79 Å². The van der Waals surface area contributed by atoms with Crippen LogP contribution in [0.1, 0.15) is 36.2 Å². The second-order valence-corrected chi connectivity index (χ2v) is 4.81. The molecule has 2 rings (SSSR count). The van der Waals surface area contributed by atoms with E-state index in [-0.39, 0.29) is 5.91 Å². The van der Waals surface area contributed by atoms with Gasteiger partial charge in [0.2, 0.25) is 0 Å². The second-order valence-electron chi connectivity index (χ2n) is 4.81. The number of carbonyl (C=O) groups excluding carboxylic acids is 1. The van der Waals surface area contributed by atoms with Crippen LogP contribution >= 0.6 is 0 Å². The lowest BCUT2D eigenvalue weighted by Gasteiger charge is -2.20. The van der Waals surface area contributed by atoms with Crippen molar-refractivity contribution in [3.05, 3.63) is 36.7 Å². The molecule has 1 N–H and O–H groups in total. The molecule has 0 radical (unpaired) electrons. The minimum absolute atomic E-state index is 0.0455. The zero-order valence-electron chi connectivity index (χ0n) is 11.3. The molecule has 4 heteroatoms. The number of hydrogen-bond acceptors (Lipinski definition) is 3. The van der Waals surface area contributed by atoms with E-state index in [1.54, 1.807) is 12.3 Å². The summed E-state index contributed by atoms with van der Waals surface area (Å²) in [6.45, 7) is 6.05. The number of aromatic nitrogens is 1. The molecule has 19 heavy (non-hydrogen) atoms. The molecular weight excluding hydrogens is 238 g/mol. The van der Waals surface area contributed by atoms with Gasteiger partial charge in [-0.3, -0.25) is 9.78 Å². The highest BCUT2D eigenvalue weighted by Crippen LogP contribution is 2.14. The lowest BCUT2D eigenvalue weighted by molar-refractivity contribution is 0.0756. The maximum absolute atomic E-state index is 12.4. The molecule has 1 aromatic heterocycles. The minimum atomic E-state index is 0.0455. The van der Waals surface area contributed by atoms with E-state index in [1.165, 1.54) is 12.8 Å². The molecule has 0 aliphatic carbocycles. The standard InChI is InChI=1S/C15H21N3O/c1-2-8-16-13-7-9-17-14(12-13)15(19)18-10-5-3-4-6-11-18/h2,7,9,12H,1,3-6,8,10-11H2,(H,16,17). The fraction of sp³-hybridized carbons (Fsp3) is 0.467. The van der Waals surface area contributed by atoms with Gasteiger partial charge in [-0.1, -0.05) is 18.9 Å². The van der Waals surface area contributed by atoms with Gasteiger partial charge in [-0.15, -0.1) is 6.58 Å². The van der Waals surface area contributed by atoms with Gasteiger partial charge >= 0.3 is 0 Å². The van der Waals surface area contributed by atoms with Crippen molar-refractivity contribution in [2.45, 2.75) is 25.7 Å². The number of likely N-dealkylation sites (tertiary alicyclic amines) is 1. The molecule has 0 saturated carbocycles. The third kappa shape index (κ3) is 3.81. The van der Waals surface area contributed by atoms with Crippen LogP contribution in [0.25, 0.3) is 0 Å². The number of amides is 1. The normalized spacial score (nSPS) is 15.7. The van der Waals surface area contributed by atoms with Crippen LogP contribution in [0.15, 0.2) is 31.0 Å². The first-order valence-corrected chi connectivity index (χ1v) is 6.91. The van der Waals surface area contributed by atoms with Gasteiger partial charge in [0, 0.05) is 31.5 Å². The van der Waals surface area contributed by atoms with Crippen molar-refractivity contribution in [2.24, 2.45) is 0 Å². The van der Waals surface area contributed by atoms with E-state index in [1.807, 2.05) is 17.0 Å². The Balaban J connectivity index is 2.06. The van der Waals surface area contributed by atoms with E-state index in [0.29, 0.717) is 12.2 Å². The van der Waals surface area contributed by atoms with Gasteiger partial charge in [0.15, 0.2) is 0 Å². The highest BCUT2D eigenvalue weighted by atomic mass is 16.2. The summed E-state index contributed by atoms with van der Waals surface area (Å²) in [5.41, 5.74) is 1.43. The molecule has 0 spiro atoms. The average Bonchev–Trinajstić information content (AvgIpc) is 2.73. The minimum Gasteiger partial charge on any atom is -0.381 e. The summed E-state index contributed by atoms with van der Waals surface area (Å²) >= 11 is 0. The predicted molar refractivity (Wildman–Crippen MR) is 77.3 cm³/mol. The van der Waals surface area contributed by atoms with Crippen LogP contribution in [0.3, 0.4) is 0 Å². The van der Waals surface area contributed by atoms with Crippen molar-refractivity contribution in [1.82, 2.24) is 9.88 Å². The van der Waals surface area contributed by atoms with Gasteiger partial charge in [-0.2, -0.15) is 0 Å². The summed E-state index contributed by atoms with van der Waals surface area (Å²) in [4.78, 5) is 18.5. The number of rotatable bonds is 4. The van der Waals surface area contributed by atoms with Crippen LogP contribution in [-0.4, -0.2) is 35.4 Å². The third-order valence-electron chi connectivity index (χ3n) is 3.32. The van der Waals surface area contributed by atoms with Crippen molar-refractivity contribution in [3.8, 4) is 0 Å². The van der Waals surface area contributed by atoms with Crippen molar-refractivity contribution >= 4 is 11.6 Å². The molecule has 1 aromatic rings. The fourth-order valence-electron chi connectivity index (χ4n) is 2.28. The van der Waals surface area contributed by atoms with Crippen LogP contribution in [-0.2, 0) is 0 Å². The molecule has 1 aliphatic heterocycles. The monoisotopic (exact) mass is 259 g/mol. The maximum atomic E-state index is 12.4. The molecule has 1 aliphatic rings. The first kappa shape index (κ1) is 13.6. The fourth-order valence-corrected chi connectivity index (χ4v) is 2.28. The van der Waals surface area contributed by atoms with E-state index < -0.39 is 0 Å². The second kappa shape index (κ2) is 6.92. The highest BCUT2D eigenvalue weighted by molar-refractivity contribution is 5.93. The summed E-state index contributed by atoms with van der Waals surface area (Å²) in [5, 5.41) is 3.18. The van der Waals surface area contributed by atoms with E-state index in [9.17, 15) is 4.79 Å². The summed E-state index contributed by atoms with van der Waals surface area (Å²) < 4.78 is 0. The van der Waals surface area contributed by atoms with E-state index in [0.717, 1.165) is 31.6 Å². The third-order valence-corrected chi connectivity index (χ3v) is 3.32. The number of nitrogens with zero attached hydrogens (tertiary/aromatic N) is 2. The SMILES string of the molecule is C=CCNc1ccnc(C(=O)N2CCCCCC2)c1. The van der Waals surface area contributed by atoms with Crippen molar-refractivity contribution in [2.75, 3.05) is 25.0 Å². The molecule has 0 bridgehead atoms. The summed E-state index contributed by atoms with van der Waals surface area (Å²) in [7, 11) is 0. The first-order chi connectivity index (χ1) is 9.31. The largest absolute Gasteiger partial charge is 0.381 e. The molecule has 0 unspecified atom stereocenters. The molecule has 2 heterocycles. The number of pyridine rings is 1. The Morgan fingerprint density at radius 2 is 2.11 bits per heavy atom. The lowest BCUT2D eigenvalue weighted by Crippen LogP contribution is -2.32. The van der Waals surface area contributed by atoms with Gasteiger partial charge in [0.05, 0.1) is 0 Å². The summed E-state index contributed by atoms with van der Waals surface area (Å²) in [6, 6.07) is 3.68. The van der Waals surface area contributed by atoms with Gasteiger partial charge < -0.3 is 10.2 Å². The van der Waals surface area contributed by atoms with E-state index in [4.69, 9.17) is 0 Å². The number of anilines is 1. The zero-order chi connectivity index (χ0) is 13.5. The summed E-state index contributed by atoms with van der Waals surface area (Å²) in [5.74, 6) is 0.0455. The predicted octanol–water partition coefficient (Wildman–Crippen LogP) is 2.70. The van der Waals surface area contributed by atoms with E-state index in [2.05, 4.69) is 16.9 Å². The molecule has 0 atom stereocenters. The first-order valence-electron chi connectivity index (χ1n) is 6.91. The zero-order valence-corrected chi connectivity index (χ0v) is 11.3. The molecule has 1 saturated heterocycles. The Bertz CT molecular complexity index is 437. The van der Waals surface area contributed by atoms with Crippen LogP contribution < -0.4 is 5.32 Å². The number of nitrogens with one attached hydrogen (secondary N) is 1. The van der Waals surface area contributed by atoms with E-state index >= 15 is 0 Å². The number of carbonyl (C=O) groups is 1. The molecule has 1 fully saturated rings. The Morgan fingerprint density at radius 3 is 2.79 bits per heavy atom. The summed E-state index contributed by atoms with van der Waals surface area (Å²) in [6.07, 6.45) is 8.10.